The highest BCUT2D eigenvalue weighted by Gasteiger charge is 2.32. The molecule has 0 N–H and O–H groups in total. The molecule has 0 atom stereocenters. The molecule has 2 aromatic rings. The van der Waals surface area contributed by atoms with Gasteiger partial charge in [-0.2, -0.15) is 0 Å². The fourth-order valence-corrected chi connectivity index (χ4v) is 2.29. The summed E-state index contributed by atoms with van der Waals surface area (Å²) in [6.45, 7) is 2.79. The average Bonchev–Trinajstić information content (AvgIpc) is 3.23. The number of nitrogens with zero attached hydrogens (tertiary/aromatic N) is 2. The first-order chi connectivity index (χ1) is 8.79. The molecule has 1 aliphatic rings. The van der Waals surface area contributed by atoms with Crippen molar-refractivity contribution in [3.05, 3.63) is 42.1 Å². The zero-order chi connectivity index (χ0) is 12.5. The van der Waals surface area contributed by atoms with Gasteiger partial charge in [-0.1, -0.05) is 24.3 Å². The fraction of sp³-hybridized carbons (Fsp3) is 0.333. The predicted octanol–water partition coefficient (Wildman–Crippen LogP) is 2.86. The van der Waals surface area contributed by atoms with Crippen LogP contribution in [0.5, 0.6) is 0 Å². The summed E-state index contributed by atoms with van der Waals surface area (Å²) in [6.07, 6.45) is 2.26. The fourth-order valence-electron chi connectivity index (χ4n) is 2.29. The molecule has 3 nitrogen and oxygen atoms in total. The van der Waals surface area contributed by atoms with E-state index in [0.717, 1.165) is 30.3 Å². The second kappa shape index (κ2) is 4.41. The van der Waals surface area contributed by atoms with Gasteiger partial charge in [0, 0.05) is 18.0 Å². The van der Waals surface area contributed by atoms with E-state index in [2.05, 4.69) is 4.98 Å². The van der Waals surface area contributed by atoms with Crippen molar-refractivity contribution in [1.82, 2.24) is 9.88 Å². The Bertz CT molecular complexity index is 590. The van der Waals surface area contributed by atoms with Gasteiger partial charge in [-0.3, -0.25) is 4.79 Å². The summed E-state index contributed by atoms with van der Waals surface area (Å²) in [5, 5.41) is 1.07. The molecule has 92 valence electrons. The van der Waals surface area contributed by atoms with Crippen molar-refractivity contribution < 1.29 is 4.79 Å². The largest absolute Gasteiger partial charge is 0.335 e. The van der Waals surface area contributed by atoms with Crippen molar-refractivity contribution in [3.8, 4) is 0 Å². The highest BCUT2D eigenvalue weighted by Crippen LogP contribution is 2.27. The Labute approximate surface area is 106 Å². The summed E-state index contributed by atoms with van der Waals surface area (Å²) in [7, 11) is 0. The minimum Gasteiger partial charge on any atom is -0.335 e. The van der Waals surface area contributed by atoms with Gasteiger partial charge in [-0.05, 0) is 31.9 Å². The highest BCUT2D eigenvalue weighted by molar-refractivity contribution is 5.95. The van der Waals surface area contributed by atoms with Crippen molar-refractivity contribution in [2.75, 3.05) is 6.54 Å². The van der Waals surface area contributed by atoms with Crippen molar-refractivity contribution in [2.24, 2.45) is 0 Å². The van der Waals surface area contributed by atoms with E-state index in [1.165, 1.54) is 0 Å². The van der Waals surface area contributed by atoms with Crippen LogP contribution in [0.3, 0.4) is 0 Å². The first-order valence-electron chi connectivity index (χ1n) is 6.46. The molecule has 3 heteroatoms. The number of pyridine rings is 1. The third-order valence-corrected chi connectivity index (χ3v) is 3.41. The molecule has 0 spiro atoms. The van der Waals surface area contributed by atoms with E-state index in [9.17, 15) is 4.79 Å². The zero-order valence-corrected chi connectivity index (χ0v) is 10.5. The van der Waals surface area contributed by atoms with E-state index in [1.807, 2.05) is 48.2 Å². The van der Waals surface area contributed by atoms with Gasteiger partial charge < -0.3 is 4.90 Å². The van der Waals surface area contributed by atoms with Crippen LogP contribution in [0.4, 0.5) is 0 Å². The van der Waals surface area contributed by atoms with Crippen molar-refractivity contribution in [1.29, 1.82) is 0 Å². The van der Waals surface area contributed by atoms with Crippen LogP contribution < -0.4 is 0 Å². The van der Waals surface area contributed by atoms with Gasteiger partial charge in [0.05, 0.1) is 5.52 Å². The van der Waals surface area contributed by atoms with Crippen LogP contribution in [0.2, 0.25) is 0 Å². The Morgan fingerprint density at radius 3 is 2.78 bits per heavy atom. The minimum absolute atomic E-state index is 0.0609. The van der Waals surface area contributed by atoms with Crippen molar-refractivity contribution in [3.63, 3.8) is 0 Å². The molecule has 0 bridgehead atoms. The molecular formula is C15H16N2O. The van der Waals surface area contributed by atoms with Gasteiger partial charge in [-0.15, -0.1) is 0 Å². The van der Waals surface area contributed by atoms with E-state index in [1.54, 1.807) is 0 Å². The normalized spacial score (nSPS) is 14.7. The number of carbonyl (C=O) groups excluding carboxylic acids is 1. The first-order valence-corrected chi connectivity index (χ1v) is 6.46. The maximum Gasteiger partial charge on any atom is 0.272 e. The summed E-state index contributed by atoms with van der Waals surface area (Å²) >= 11 is 0. The summed E-state index contributed by atoms with van der Waals surface area (Å²) in [6, 6.07) is 12.1. The lowest BCUT2D eigenvalue weighted by atomic mass is 10.2. The van der Waals surface area contributed by atoms with Crippen LogP contribution in [-0.4, -0.2) is 28.4 Å². The Balaban J connectivity index is 1.95. The van der Waals surface area contributed by atoms with E-state index < -0.39 is 0 Å². The topological polar surface area (TPSA) is 33.2 Å². The zero-order valence-electron chi connectivity index (χ0n) is 10.5. The Morgan fingerprint density at radius 2 is 2.06 bits per heavy atom. The number of para-hydroxylation sites is 1. The average molecular weight is 240 g/mol. The van der Waals surface area contributed by atoms with E-state index >= 15 is 0 Å². The summed E-state index contributed by atoms with van der Waals surface area (Å²) < 4.78 is 0. The Hall–Kier alpha value is -1.90. The number of hydrogen-bond donors (Lipinski definition) is 0. The second-order valence-electron chi connectivity index (χ2n) is 4.71. The molecule has 3 rings (SSSR count). The van der Waals surface area contributed by atoms with Crippen LogP contribution in [0, 0.1) is 0 Å². The lowest BCUT2D eigenvalue weighted by Crippen LogP contribution is -2.33. The molecule has 0 aliphatic heterocycles. The van der Waals surface area contributed by atoms with Gasteiger partial charge in [-0.25, -0.2) is 4.98 Å². The third kappa shape index (κ3) is 1.96. The third-order valence-electron chi connectivity index (χ3n) is 3.41. The van der Waals surface area contributed by atoms with E-state index in [4.69, 9.17) is 0 Å². The molecule has 1 heterocycles. The Kier molecular flexibility index (Phi) is 2.74. The minimum atomic E-state index is 0.0609. The molecule has 1 fully saturated rings. The molecular weight excluding hydrogens is 224 g/mol. The molecule has 1 aromatic heterocycles. The van der Waals surface area contributed by atoms with E-state index in [-0.39, 0.29) is 5.91 Å². The molecule has 1 amide bonds. The molecule has 18 heavy (non-hydrogen) atoms. The monoisotopic (exact) mass is 240 g/mol. The van der Waals surface area contributed by atoms with Gasteiger partial charge in [0.15, 0.2) is 0 Å². The van der Waals surface area contributed by atoms with Gasteiger partial charge >= 0.3 is 0 Å². The quantitative estimate of drug-likeness (QED) is 0.826. The standard InChI is InChI=1S/C15H16N2O/c1-2-17(12-8-9-12)15(18)14-10-7-11-5-3-4-6-13(11)16-14/h3-7,10,12H,2,8-9H2,1H3. The summed E-state index contributed by atoms with van der Waals surface area (Å²) in [5.74, 6) is 0.0609. The number of aromatic nitrogens is 1. The molecule has 0 unspecified atom stereocenters. The van der Waals surface area contributed by atoms with E-state index in [0.29, 0.717) is 11.7 Å². The number of fused-ring (bicyclic) bond motifs is 1. The lowest BCUT2D eigenvalue weighted by Gasteiger charge is -2.19. The number of amides is 1. The molecule has 1 aromatic carbocycles. The van der Waals surface area contributed by atoms with Crippen LogP contribution in [0.15, 0.2) is 36.4 Å². The van der Waals surface area contributed by atoms with Crippen LogP contribution >= 0.6 is 0 Å². The lowest BCUT2D eigenvalue weighted by molar-refractivity contribution is 0.0747. The number of hydrogen-bond acceptors (Lipinski definition) is 2. The SMILES string of the molecule is CCN(C(=O)c1ccc2ccccc2n1)C1CC1. The number of carbonyl (C=O) groups is 1. The number of benzene rings is 1. The molecule has 1 saturated carbocycles. The van der Waals surface area contributed by atoms with Gasteiger partial charge in [0.1, 0.15) is 5.69 Å². The first kappa shape index (κ1) is 11.2. The van der Waals surface area contributed by atoms with Crippen molar-refractivity contribution in [2.45, 2.75) is 25.8 Å². The van der Waals surface area contributed by atoms with Gasteiger partial charge in [0.2, 0.25) is 0 Å². The van der Waals surface area contributed by atoms with Crippen molar-refractivity contribution >= 4 is 16.8 Å². The van der Waals surface area contributed by atoms with Crippen LogP contribution in [0.1, 0.15) is 30.3 Å². The predicted molar refractivity (Wildman–Crippen MR) is 71.5 cm³/mol. The second-order valence-corrected chi connectivity index (χ2v) is 4.71. The molecule has 0 radical (unpaired) electrons. The Morgan fingerprint density at radius 1 is 1.28 bits per heavy atom. The molecule has 1 aliphatic carbocycles. The molecule has 0 saturated heterocycles. The van der Waals surface area contributed by atoms with Crippen LogP contribution in [0.25, 0.3) is 10.9 Å². The highest BCUT2D eigenvalue weighted by atomic mass is 16.2. The van der Waals surface area contributed by atoms with Gasteiger partial charge in [0.25, 0.3) is 5.91 Å². The van der Waals surface area contributed by atoms with Crippen LogP contribution in [-0.2, 0) is 0 Å². The smallest absolute Gasteiger partial charge is 0.272 e. The maximum absolute atomic E-state index is 12.4. The maximum atomic E-state index is 12.4. The summed E-state index contributed by atoms with van der Waals surface area (Å²) in [5.41, 5.74) is 1.44. The number of rotatable bonds is 3. The summed E-state index contributed by atoms with van der Waals surface area (Å²) in [4.78, 5) is 18.8.